The Labute approximate surface area is 125 Å². The fourth-order valence-corrected chi connectivity index (χ4v) is 2.89. The molecular weight excluding hydrogens is 264 g/mol. The van der Waals surface area contributed by atoms with Gasteiger partial charge in [0.15, 0.2) is 0 Å². The van der Waals surface area contributed by atoms with Gasteiger partial charge in [0.1, 0.15) is 0 Å². The van der Waals surface area contributed by atoms with Gasteiger partial charge in [0, 0.05) is 30.4 Å². The number of hydrogen-bond acceptors (Lipinski definition) is 5. The number of nitrogens with zero attached hydrogens (tertiary/aromatic N) is 3. The number of hydrogen-bond donors (Lipinski definition) is 1. The fraction of sp³-hybridized carbons (Fsp3) is 0.500. The average molecular weight is 286 g/mol. The zero-order chi connectivity index (χ0) is 14.5. The molecule has 0 unspecified atom stereocenters. The van der Waals surface area contributed by atoms with E-state index in [4.69, 9.17) is 4.42 Å². The highest BCUT2D eigenvalue weighted by molar-refractivity contribution is 5.61. The normalized spacial score (nSPS) is 17.0. The number of aromatic nitrogens is 2. The van der Waals surface area contributed by atoms with Crippen LogP contribution in [0, 0.1) is 0 Å². The molecular formula is C16H22N4O. The van der Waals surface area contributed by atoms with E-state index in [0.717, 1.165) is 11.3 Å². The topological polar surface area (TPSA) is 54.2 Å². The van der Waals surface area contributed by atoms with Crippen molar-refractivity contribution in [1.29, 1.82) is 0 Å². The van der Waals surface area contributed by atoms with E-state index >= 15 is 0 Å². The van der Waals surface area contributed by atoms with E-state index in [0.29, 0.717) is 11.9 Å². The smallest absolute Gasteiger partial charge is 0.247 e. The van der Waals surface area contributed by atoms with Crippen molar-refractivity contribution < 1.29 is 4.42 Å². The Morgan fingerprint density at radius 3 is 2.90 bits per heavy atom. The van der Waals surface area contributed by atoms with E-state index in [2.05, 4.69) is 39.5 Å². The number of piperidine rings is 1. The molecule has 1 aliphatic heterocycles. The SMILES string of the molecule is CCCN1CCC(Nc2cccc(-c3nnco3)c2)CC1. The molecule has 1 N–H and O–H groups in total. The second-order valence-electron chi connectivity index (χ2n) is 5.58. The van der Waals surface area contributed by atoms with E-state index in [1.807, 2.05) is 12.1 Å². The first-order chi connectivity index (χ1) is 10.3. The second-order valence-corrected chi connectivity index (χ2v) is 5.58. The average Bonchev–Trinajstić information content (AvgIpc) is 3.04. The van der Waals surface area contributed by atoms with E-state index in [1.54, 1.807) is 0 Å². The fourth-order valence-electron chi connectivity index (χ4n) is 2.89. The van der Waals surface area contributed by atoms with E-state index in [9.17, 15) is 0 Å². The number of anilines is 1. The highest BCUT2D eigenvalue weighted by Gasteiger charge is 2.18. The van der Waals surface area contributed by atoms with Gasteiger partial charge in [-0.05, 0) is 44.0 Å². The van der Waals surface area contributed by atoms with Gasteiger partial charge in [-0.3, -0.25) is 0 Å². The van der Waals surface area contributed by atoms with Gasteiger partial charge in [-0.2, -0.15) is 0 Å². The highest BCUT2D eigenvalue weighted by atomic mass is 16.4. The molecule has 1 aliphatic rings. The predicted molar refractivity (Wildman–Crippen MR) is 83.1 cm³/mol. The van der Waals surface area contributed by atoms with Crippen LogP contribution in [0.4, 0.5) is 5.69 Å². The third-order valence-electron chi connectivity index (χ3n) is 3.97. The van der Waals surface area contributed by atoms with Crippen molar-refractivity contribution in [2.24, 2.45) is 0 Å². The first kappa shape index (κ1) is 14.1. The maximum absolute atomic E-state index is 5.25. The summed E-state index contributed by atoms with van der Waals surface area (Å²) in [7, 11) is 0. The third-order valence-corrected chi connectivity index (χ3v) is 3.97. The molecule has 5 nitrogen and oxygen atoms in total. The van der Waals surface area contributed by atoms with Crippen LogP contribution in [0.3, 0.4) is 0 Å². The predicted octanol–water partition coefficient (Wildman–Crippen LogP) is 3.02. The lowest BCUT2D eigenvalue weighted by Gasteiger charge is -2.32. The highest BCUT2D eigenvalue weighted by Crippen LogP contribution is 2.22. The van der Waals surface area contributed by atoms with Crippen LogP contribution in [0.25, 0.3) is 11.5 Å². The minimum Gasteiger partial charge on any atom is -0.423 e. The molecule has 1 fully saturated rings. The molecule has 1 aromatic heterocycles. The van der Waals surface area contributed by atoms with Crippen molar-refractivity contribution in [1.82, 2.24) is 15.1 Å². The monoisotopic (exact) mass is 286 g/mol. The Kier molecular flexibility index (Phi) is 4.50. The molecule has 3 rings (SSSR count). The van der Waals surface area contributed by atoms with Crippen molar-refractivity contribution in [3.05, 3.63) is 30.7 Å². The Morgan fingerprint density at radius 2 is 2.19 bits per heavy atom. The molecule has 2 aromatic rings. The van der Waals surface area contributed by atoms with Gasteiger partial charge in [-0.1, -0.05) is 13.0 Å². The first-order valence-electron chi connectivity index (χ1n) is 7.70. The molecule has 1 aromatic carbocycles. The van der Waals surface area contributed by atoms with Crippen LogP contribution >= 0.6 is 0 Å². The summed E-state index contributed by atoms with van der Waals surface area (Å²) in [6, 6.07) is 8.73. The van der Waals surface area contributed by atoms with Gasteiger partial charge in [-0.15, -0.1) is 10.2 Å². The summed E-state index contributed by atoms with van der Waals surface area (Å²) in [5.41, 5.74) is 2.08. The van der Waals surface area contributed by atoms with Crippen LogP contribution in [-0.2, 0) is 0 Å². The van der Waals surface area contributed by atoms with Crippen molar-refractivity contribution in [3.63, 3.8) is 0 Å². The maximum Gasteiger partial charge on any atom is 0.247 e. The van der Waals surface area contributed by atoms with Gasteiger partial charge < -0.3 is 14.6 Å². The quantitative estimate of drug-likeness (QED) is 0.915. The van der Waals surface area contributed by atoms with Gasteiger partial charge >= 0.3 is 0 Å². The van der Waals surface area contributed by atoms with E-state index in [1.165, 1.54) is 45.3 Å². The minimum absolute atomic E-state index is 0.552. The van der Waals surface area contributed by atoms with Crippen molar-refractivity contribution in [2.75, 3.05) is 25.0 Å². The van der Waals surface area contributed by atoms with Gasteiger partial charge in [0.05, 0.1) is 0 Å². The Bertz CT molecular complexity index is 547. The molecule has 0 aliphatic carbocycles. The van der Waals surface area contributed by atoms with E-state index < -0.39 is 0 Å². The zero-order valence-corrected chi connectivity index (χ0v) is 12.5. The summed E-state index contributed by atoms with van der Waals surface area (Å²) in [4.78, 5) is 2.55. The van der Waals surface area contributed by atoms with Crippen molar-refractivity contribution in [3.8, 4) is 11.5 Å². The summed E-state index contributed by atoms with van der Waals surface area (Å²) >= 11 is 0. The summed E-state index contributed by atoms with van der Waals surface area (Å²) in [5, 5.41) is 11.3. The summed E-state index contributed by atoms with van der Waals surface area (Å²) < 4.78 is 5.25. The van der Waals surface area contributed by atoms with Crippen LogP contribution in [0.1, 0.15) is 26.2 Å². The number of rotatable bonds is 5. The minimum atomic E-state index is 0.552. The number of benzene rings is 1. The van der Waals surface area contributed by atoms with Crippen molar-refractivity contribution in [2.45, 2.75) is 32.2 Å². The molecule has 112 valence electrons. The summed E-state index contributed by atoms with van der Waals surface area (Å²) in [6.07, 6.45) is 5.00. The third kappa shape index (κ3) is 3.61. The lowest BCUT2D eigenvalue weighted by Crippen LogP contribution is -2.39. The van der Waals surface area contributed by atoms with Gasteiger partial charge in [0.25, 0.3) is 0 Å². The van der Waals surface area contributed by atoms with Gasteiger partial charge in [-0.25, -0.2) is 0 Å². The Hall–Kier alpha value is -1.88. The molecule has 0 atom stereocenters. The Balaban J connectivity index is 1.60. The summed E-state index contributed by atoms with van der Waals surface area (Å²) in [6.45, 7) is 5.84. The van der Waals surface area contributed by atoms with Crippen LogP contribution in [0.2, 0.25) is 0 Å². The zero-order valence-electron chi connectivity index (χ0n) is 12.5. The van der Waals surface area contributed by atoms with Crippen LogP contribution < -0.4 is 5.32 Å². The van der Waals surface area contributed by atoms with Gasteiger partial charge in [0.2, 0.25) is 12.3 Å². The Morgan fingerprint density at radius 1 is 1.33 bits per heavy atom. The molecule has 0 amide bonds. The molecule has 0 radical (unpaired) electrons. The second kappa shape index (κ2) is 6.72. The van der Waals surface area contributed by atoms with E-state index in [-0.39, 0.29) is 0 Å². The first-order valence-corrected chi connectivity index (χ1v) is 7.70. The molecule has 21 heavy (non-hydrogen) atoms. The maximum atomic E-state index is 5.25. The standard InChI is InChI=1S/C16H22N4O/c1-2-8-20-9-6-14(7-10-20)18-15-5-3-4-13(11-15)16-19-17-12-21-16/h3-5,11-12,14,18H,2,6-10H2,1H3. The number of likely N-dealkylation sites (tertiary alicyclic amines) is 1. The van der Waals surface area contributed by atoms with Crippen LogP contribution in [0.15, 0.2) is 35.1 Å². The lowest BCUT2D eigenvalue weighted by atomic mass is 10.0. The molecule has 5 heteroatoms. The molecule has 0 bridgehead atoms. The molecule has 0 saturated carbocycles. The molecule has 1 saturated heterocycles. The molecule has 0 spiro atoms. The van der Waals surface area contributed by atoms with Crippen LogP contribution in [0.5, 0.6) is 0 Å². The lowest BCUT2D eigenvalue weighted by molar-refractivity contribution is 0.219. The summed E-state index contributed by atoms with van der Waals surface area (Å²) in [5.74, 6) is 0.566. The largest absolute Gasteiger partial charge is 0.423 e. The number of nitrogens with one attached hydrogen (secondary N) is 1. The van der Waals surface area contributed by atoms with Crippen LogP contribution in [-0.4, -0.2) is 40.8 Å². The molecule has 2 heterocycles. The van der Waals surface area contributed by atoms with Crippen molar-refractivity contribution >= 4 is 5.69 Å².